The van der Waals surface area contributed by atoms with Gasteiger partial charge in [0.15, 0.2) is 0 Å². The first-order valence-electron chi connectivity index (χ1n) is 11.3. The van der Waals surface area contributed by atoms with E-state index in [2.05, 4.69) is 25.3 Å². The number of nitrogens with one attached hydrogen (secondary N) is 3. The summed E-state index contributed by atoms with van der Waals surface area (Å²) in [4.78, 5) is 33.0. The van der Waals surface area contributed by atoms with Gasteiger partial charge in [0.2, 0.25) is 16.0 Å². The zero-order valence-corrected chi connectivity index (χ0v) is 22.0. The normalized spacial score (nSPS) is 11.5. The van der Waals surface area contributed by atoms with Gasteiger partial charge in [-0.3, -0.25) is 9.59 Å². The smallest absolute Gasteiger partial charge is 0.326 e. The number of carbonyl (C=O) groups is 2. The maximum atomic E-state index is 12.6. The number of phenolic OH excluding ortho intramolecular Hbond substituents is 1. The van der Waals surface area contributed by atoms with Crippen LogP contribution in [0.25, 0.3) is 0 Å². The molecule has 1 amide bonds. The van der Waals surface area contributed by atoms with Crippen molar-refractivity contribution in [1.82, 2.24) is 20.0 Å². The topological polar surface area (TPSA) is 169 Å². The molecule has 0 aliphatic rings. The Labute approximate surface area is 226 Å². The van der Waals surface area contributed by atoms with Gasteiger partial charge in [0.25, 0.3) is 5.91 Å². The third kappa shape index (κ3) is 8.87. The predicted octanol–water partition coefficient (Wildman–Crippen LogP) is 1.73. The van der Waals surface area contributed by atoms with Gasteiger partial charge in [0.05, 0.1) is 23.6 Å². The van der Waals surface area contributed by atoms with Crippen molar-refractivity contribution in [3.05, 3.63) is 72.6 Å². The van der Waals surface area contributed by atoms with Crippen molar-refractivity contribution in [3.8, 4) is 11.5 Å². The van der Waals surface area contributed by atoms with Crippen LogP contribution in [0.1, 0.15) is 17.3 Å². The third-order valence-electron chi connectivity index (χ3n) is 4.82. The molecule has 0 bridgehead atoms. The highest BCUT2D eigenvalue weighted by atomic mass is 35.5. The lowest BCUT2D eigenvalue weighted by Crippen LogP contribution is -2.49. The number of rotatable bonds is 13. The van der Waals surface area contributed by atoms with E-state index in [1.54, 1.807) is 43.6 Å². The van der Waals surface area contributed by atoms with Crippen LogP contribution in [0.3, 0.4) is 0 Å². The number of benzene rings is 2. The standard InChI is InChI=1S/C24H27N5O7S.ClH/c1-2-35-23(32)20(29-37(33,34)18-7-4-3-5-8-18)16-28-22(31)19-10-9-17(15-21(19)30)36-14-13-27-24-25-11-6-12-26-24;/h3-12,15,20,29-30H,2,13-14,16H2,1H3,(H,28,31)(H,25,26,27);1H. The monoisotopic (exact) mass is 565 g/mol. The van der Waals surface area contributed by atoms with E-state index >= 15 is 0 Å². The van der Waals surface area contributed by atoms with E-state index in [4.69, 9.17) is 9.47 Å². The van der Waals surface area contributed by atoms with E-state index in [1.165, 1.54) is 30.3 Å². The molecule has 0 saturated heterocycles. The Balaban J connectivity index is 0.00000507. The van der Waals surface area contributed by atoms with Crippen molar-refractivity contribution in [3.63, 3.8) is 0 Å². The molecular formula is C24H28ClN5O7S. The molecule has 1 atom stereocenters. The SMILES string of the molecule is CCOC(=O)C(CNC(=O)c1ccc(OCCNc2ncccn2)cc1O)NS(=O)(=O)c1ccccc1.Cl. The van der Waals surface area contributed by atoms with Crippen molar-refractivity contribution in [2.45, 2.75) is 17.9 Å². The van der Waals surface area contributed by atoms with Crippen LogP contribution in [-0.4, -0.2) is 67.7 Å². The van der Waals surface area contributed by atoms with Crippen LogP contribution in [0.2, 0.25) is 0 Å². The molecule has 4 N–H and O–H groups in total. The van der Waals surface area contributed by atoms with Crippen molar-refractivity contribution in [2.24, 2.45) is 0 Å². The van der Waals surface area contributed by atoms with Gasteiger partial charge in [-0.1, -0.05) is 18.2 Å². The second-order valence-electron chi connectivity index (χ2n) is 7.48. The number of aromatic hydroxyl groups is 1. The summed E-state index contributed by atoms with van der Waals surface area (Å²) in [6.45, 7) is 1.83. The maximum absolute atomic E-state index is 12.6. The van der Waals surface area contributed by atoms with Gasteiger partial charge in [0, 0.05) is 25.0 Å². The van der Waals surface area contributed by atoms with Gasteiger partial charge >= 0.3 is 5.97 Å². The lowest BCUT2D eigenvalue weighted by atomic mass is 10.1. The summed E-state index contributed by atoms with van der Waals surface area (Å²) in [5.41, 5.74) is -0.0864. The summed E-state index contributed by atoms with van der Waals surface area (Å²) in [6, 6.07) is 11.9. The van der Waals surface area contributed by atoms with Gasteiger partial charge in [-0.2, -0.15) is 4.72 Å². The molecule has 1 heterocycles. The number of sulfonamides is 1. The Morgan fingerprint density at radius 2 is 1.76 bits per heavy atom. The minimum Gasteiger partial charge on any atom is -0.507 e. The average Bonchev–Trinajstić information content (AvgIpc) is 2.90. The van der Waals surface area contributed by atoms with E-state index in [-0.39, 0.29) is 41.8 Å². The fourth-order valence-electron chi connectivity index (χ4n) is 3.08. The van der Waals surface area contributed by atoms with Crippen LogP contribution in [0.4, 0.5) is 5.95 Å². The number of aromatic nitrogens is 2. The first kappa shape index (κ1) is 30.3. The molecule has 0 saturated carbocycles. The fourth-order valence-corrected chi connectivity index (χ4v) is 4.28. The van der Waals surface area contributed by atoms with E-state index in [0.29, 0.717) is 18.2 Å². The fraction of sp³-hybridized carbons (Fsp3) is 0.250. The number of halogens is 1. The highest BCUT2D eigenvalue weighted by molar-refractivity contribution is 7.89. The summed E-state index contributed by atoms with van der Waals surface area (Å²) < 4.78 is 38.0. The number of hydrogen-bond donors (Lipinski definition) is 4. The van der Waals surface area contributed by atoms with Crippen LogP contribution < -0.4 is 20.1 Å². The molecule has 1 unspecified atom stereocenters. The maximum Gasteiger partial charge on any atom is 0.326 e. The lowest BCUT2D eigenvalue weighted by Gasteiger charge is -2.18. The van der Waals surface area contributed by atoms with Crippen LogP contribution >= 0.6 is 12.4 Å². The average molecular weight is 566 g/mol. The van der Waals surface area contributed by atoms with Crippen molar-refractivity contribution < 1.29 is 32.6 Å². The number of phenols is 1. The molecule has 0 fully saturated rings. The summed E-state index contributed by atoms with van der Waals surface area (Å²) in [7, 11) is -4.06. The van der Waals surface area contributed by atoms with Crippen molar-refractivity contribution in [2.75, 3.05) is 31.6 Å². The van der Waals surface area contributed by atoms with Crippen LogP contribution in [0.15, 0.2) is 71.9 Å². The Bertz CT molecular complexity index is 1300. The molecule has 0 aliphatic heterocycles. The number of esters is 1. The van der Waals surface area contributed by atoms with Crippen LogP contribution in [0, 0.1) is 0 Å². The highest BCUT2D eigenvalue weighted by Gasteiger charge is 2.27. The molecule has 38 heavy (non-hydrogen) atoms. The van der Waals surface area contributed by atoms with Gasteiger partial charge in [0.1, 0.15) is 24.1 Å². The molecule has 0 aliphatic carbocycles. The van der Waals surface area contributed by atoms with Gasteiger partial charge in [-0.25, -0.2) is 18.4 Å². The number of anilines is 1. The van der Waals surface area contributed by atoms with Crippen LogP contribution in [-0.2, 0) is 19.6 Å². The number of carbonyl (C=O) groups excluding carboxylic acids is 2. The molecular weight excluding hydrogens is 538 g/mol. The van der Waals surface area contributed by atoms with E-state index < -0.39 is 34.5 Å². The Kier molecular flexibility index (Phi) is 11.7. The van der Waals surface area contributed by atoms with E-state index in [1.807, 2.05) is 0 Å². The summed E-state index contributed by atoms with van der Waals surface area (Å²) >= 11 is 0. The molecule has 0 spiro atoms. The molecule has 14 heteroatoms. The molecule has 12 nitrogen and oxygen atoms in total. The van der Waals surface area contributed by atoms with E-state index in [0.717, 1.165) is 0 Å². The number of amides is 1. The minimum atomic E-state index is -4.06. The zero-order valence-electron chi connectivity index (χ0n) is 20.4. The van der Waals surface area contributed by atoms with Gasteiger partial charge in [-0.05, 0) is 37.3 Å². The number of hydrogen-bond acceptors (Lipinski definition) is 10. The third-order valence-corrected chi connectivity index (χ3v) is 6.31. The van der Waals surface area contributed by atoms with E-state index in [9.17, 15) is 23.1 Å². The lowest BCUT2D eigenvalue weighted by molar-refractivity contribution is -0.144. The Morgan fingerprint density at radius 1 is 1.05 bits per heavy atom. The summed E-state index contributed by atoms with van der Waals surface area (Å²) in [5, 5.41) is 15.7. The molecule has 0 radical (unpaired) electrons. The first-order chi connectivity index (χ1) is 17.8. The molecule has 204 valence electrons. The molecule has 3 aromatic rings. The molecule has 2 aromatic carbocycles. The Hall–Kier alpha value is -3.94. The molecule has 1 aromatic heterocycles. The Morgan fingerprint density at radius 3 is 2.42 bits per heavy atom. The van der Waals surface area contributed by atoms with Crippen molar-refractivity contribution in [1.29, 1.82) is 0 Å². The number of ether oxygens (including phenoxy) is 2. The highest BCUT2D eigenvalue weighted by Crippen LogP contribution is 2.23. The first-order valence-corrected chi connectivity index (χ1v) is 12.8. The van der Waals surface area contributed by atoms with Gasteiger partial charge in [-0.15, -0.1) is 12.4 Å². The van der Waals surface area contributed by atoms with Crippen LogP contribution in [0.5, 0.6) is 11.5 Å². The summed E-state index contributed by atoms with van der Waals surface area (Å²) in [5.74, 6) is -1.16. The van der Waals surface area contributed by atoms with Crippen molar-refractivity contribution >= 4 is 40.3 Å². The second kappa shape index (κ2) is 14.7. The predicted molar refractivity (Wildman–Crippen MR) is 141 cm³/mol. The largest absolute Gasteiger partial charge is 0.507 e. The number of nitrogens with zero attached hydrogens (tertiary/aromatic N) is 2. The molecule has 3 rings (SSSR count). The quantitative estimate of drug-likeness (QED) is 0.177. The minimum absolute atomic E-state index is 0. The summed E-state index contributed by atoms with van der Waals surface area (Å²) in [6.07, 6.45) is 3.20. The van der Waals surface area contributed by atoms with Gasteiger partial charge < -0.3 is 25.2 Å². The zero-order chi connectivity index (χ0) is 26.7. The second-order valence-corrected chi connectivity index (χ2v) is 9.19.